The second kappa shape index (κ2) is 6.30. The lowest BCUT2D eigenvalue weighted by molar-refractivity contribution is -0.135. The average molecular weight is 281 g/mol. The van der Waals surface area contributed by atoms with Crippen LogP contribution in [-0.4, -0.2) is 66.8 Å². The summed E-state index contributed by atoms with van der Waals surface area (Å²) in [7, 11) is 0. The SMILES string of the molecule is CCN1CCC(CN)(N2CCOC3CCCCC32)CC1. The molecule has 0 aromatic heterocycles. The number of likely N-dealkylation sites (tertiary alicyclic amines) is 1. The van der Waals surface area contributed by atoms with Crippen LogP contribution in [0.4, 0.5) is 0 Å². The Hall–Kier alpha value is -0.160. The average Bonchev–Trinajstić information content (AvgIpc) is 2.54. The van der Waals surface area contributed by atoms with Gasteiger partial charge in [-0.3, -0.25) is 4.90 Å². The maximum Gasteiger partial charge on any atom is 0.0731 e. The summed E-state index contributed by atoms with van der Waals surface area (Å²) in [6.07, 6.45) is 8.22. The standard InChI is InChI=1S/C16H31N3O/c1-2-18-9-7-16(13-17,8-10-18)19-11-12-20-15-6-4-3-5-14(15)19/h14-15H,2-13,17H2,1H3. The van der Waals surface area contributed by atoms with Crippen molar-refractivity contribution in [3.63, 3.8) is 0 Å². The van der Waals surface area contributed by atoms with Crippen molar-refractivity contribution in [1.82, 2.24) is 9.80 Å². The van der Waals surface area contributed by atoms with Crippen molar-refractivity contribution in [2.75, 3.05) is 39.3 Å². The summed E-state index contributed by atoms with van der Waals surface area (Å²) in [6.45, 7) is 8.67. The molecule has 4 nitrogen and oxygen atoms in total. The van der Waals surface area contributed by atoms with E-state index in [9.17, 15) is 0 Å². The van der Waals surface area contributed by atoms with Gasteiger partial charge in [0.2, 0.25) is 0 Å². The van der Waals surface area contributed by atoms with Gasteiger partial charge >= 0.3 is 0 Å². The van der Waals surface area contributed by atoms with Gasteiger partial charge in [-0.2, -0.15) is 0 Å². The third-order valence-electron chi connectivity index (χ3n) is 5.96. The molecule has 20 heavy (non-hydrogen) atoms. The number of morpholine rings is 1. The molecule has 0 radical (unpaired) electrons. The molecular weight excluding hydrogens is 250 g/mol. The number of fused-ring (bicyclic) bond motifs is 1. The molecule has 4 heteroatoms. The number of piperidine rings is 1. The first-order chi connectivity index (χ1) is 9.79. The van der Waals surface area contributed by atoms with Gasteiger partial charge < -0.3 is 15.4 Å². The highest BCUT2D eigenvalue weighted by molar-refractivity contribution is 5.02. The van der Waals surface area contributed by atoms with Gasteiger partial charge in [0.05, 0.1) is 12.7 Å². The maximum atomic E-state index is 6.28. The minimum atomic E-state index is 0.246. The Bertz CT molecular complexity index is 313. The van der Waals surface area contributed by atoms with E-state index in [2.05, 4.69) is 16.7 Å². The molecule has 1 aliphatic carbocycles. The summed E-state index contributed by atoms with van der Waals surface area (Å²) < 4.78 is 6.04. The van der Waals surface area contributed by atoms with E-state index in [4.69, 9.17) is 10.5 Å². The zero-order chi connectivity index (χ0) is 14.0. The maximum absolute atomic E-state index is 6.28. The van der Waals surface area contributed by atoms with Crippen LogP contribution in [-0.2, 0) is 4.74 Å². The van der Waals surface area contributed by atoms with Crippen LogP contribution in [0.25, 0.3) is 0 Å². The molecule has 2 aliphatic heterocycles. The van der Waals surface area contributed by atoms with Crippen molar-refractivity contribution in [3.8, 4) is 0 Å². The van der Waals surface area contributed by atoms with Crippen LogP contribution in [0.5, 0.6) is 0 Å². The zero-order valence-electron chi connectivity index (χ0n) is 13.0. The van der Waals surface area contributed by atoms with E-state index in [1.807, 2.05) is 0 Å². The first-order valence-electron chi connectivity index (χ1n) is 8.60. The minimum absolute atomic E-state index is 0.246. The van der Waals surface area contributed by atoms with Crippen molar-refractivity contribution in [1.29, 1.82) is 0 Å². The van der Waals surface area contributed by atoms with Crippen molar-refractivity contribution in [2.24, 2.45) is 5.73 Å². The monoisotopic (exact) mass is 281 g/mol. The summed E-state index contributed by atoms with van der Waals surface area (Å²) in [6, 6.07) is 0.634. The lowest BCUT2D eigenvalue weighted by atomic mass is 9.80. The van der Waals surface area contributed by atoms with Crippen LogP contribution in [0, 0.1) is 0 Å². The van der Waals surface area contributed by atoms with Crippen LogP contribution >= 0.6 is 0 Å². The third-order valence-corrected chi connectivity index (χ3v) is 5.96. The number of hydrogen-bond donors (Lipinski definition) is 1. The van der Waals surface area contributed by atoms with Crippen molar-refractivity contribution in [3.05, 3.63) is 0 Å². The molecule has 3 rings (SSSR count). The van der Waals surface area contributed by atoms with Gasteiger partial charge in [-0.05, 0) is 45.3 Å². The summed E-state index contributed by atoms with van der Waals surface area (Å²) in [5, 5.41) is 0. The molecule has 2 N–H and O–H groups in total. The van der Waals surface area contributed by atoms with Gasteiger partial charge in [-0.25, -0.2) is 0 Å². The molecule has 1 saturated carbocycles. The van der Waals surface area contributed by atoms with Gasteiger partial charge in [0.25, 0.3) is 0 Å². The molecule has 0 aromatic rings. The Morgan fingerprint density at radius 1 is 1.15 bits per heavy atom. The quantitative estimate of drug-likeness (QED) is 0.850. The second-order valence-electron chi connectivity index (χ2n) is 6.82. The highest BCUT2D eigenvalue weighted by Crippen LogP contribution is 2.37. The molecule has 3 fully saturated rings. The Kier molecular flexibility index (Phi) is 4.65. The normalized spacial score (nSPS) is 35.7. The molecule has 116 valence electrons. The summed E-state index contributed by atoms with van der Waals surface area (Å²) >= 11 is 0. The summed E-state index contributed by atoms with van der Waals surface area (Å²) in [5.74, 6) is 0. The number of hydrogen-bond acceptors (Lipinski definition) is 4. The topological polar surface area (TPSA) is 41.7 Å². The van der Waals surface area contributed by atoms with Crippen LogP contribution < -0.4 is 5.73 Å². The van der Waals surface area contributed by atoms with Crippen molar-refractivity contribution >= 4 is 0 Å². The predicted molar refractivity (Wildman–Crippen MR) is 81.8 cm³/mol. The highest BCUT2D eigenvalue weighted by Gasteiger charge is 2.46. The second-order valence-corrected chi connectivity index (χ2v) is 6.82. The fourth-order valence-corrected chi connectivity index (χ4v) is 4.58. The van der Waals surface area contributed by atoms with E-state index in [-0.39, 0.29) is 5.54 Å². The first-order valence-corrected chi connectivity index (χ1v) is 8.60. The lowest BCUT2D eigenvalue weighted by Crippen LogP contribution is -2.67. The zero-order valence-corrected chi connectivity index (χ0v) is 13.0. The van der Waals surface area contributed by atoms with E-state index in [1.54, 1.807) is 0 Å². The van der Waals surface area contributed by atoms with E-state index in [0.717, 1.165) is 19.7 Å². The molecule has 0 amide bonds. The molecule has 2 unspecified atom stereocenters. The van der Waals surface area contributed by atoms with E-state index >= 15 is 0 Å². The molecule has 3 aliphatic rings. The Labute approximate surface area is 123 Å². The Balaban J connectivity index is 1.74. The summed E-state index contributed by atoms with van der Waals surface area (Å²) in [5.41, 5.74) is 6.52. The number of ether oxygens (including phenoxy) is 1. The molecule has 2 saturated heterocycles. The predicted octanol–water partition coefficient (Wildman–Crippen LogP) is 1.44. The van der Waals surface area contributed by atoms with Gasteiger partial charge in [0.1, 0.15) is 0 Å². The Morgan fingerprint density at radius 2 is 1.90 bits per heavy atom. The molecule has 2 heterocycles. The fraction of sp³-hybridized carbons (Fsp3) is 1.00. The molecule has 0 bridgehead atoms. The van der Waals surface area contributed by atoms with E-state index < -0.39 is 0 Å². The number of rotatable bonds is 3. The van der Waals surface area contributed by atoms with Crippen LogP contribution in [0.2, 0.25) is 0 Å². The lowest BCUT2D eigenvalue weighted by Gasteiger charge is -2.55. The van der Waals surface area contributed by atoms with E-state index in [1.165, 1.54) is 58.2 Å². The van der Waals surface area contributed by atoms with Gasteiger partial charge in [0, 0.05) is 24.7 Å². The van der Waals surface area contributed by atoms with Crippen LogP contribution in [0.1, 0.15) is 45.4 Å². The largest absolute Gasteiger partial charge is 0.375 e. The van der Waals surface area contributed by atoms with E-state index in [0.29, 0.717) is 12.1 Å². The Morgan fingerprint density at radius 3 is 2.60 bits per heavy atom. The highest BCUT2D eigenvalue weighted by atomic mass is 16.5. The van der Waals surface area contributed by atoms with Crippen molar-refractivity contribution < 1.29 is 4.74 Å². The van der Waals surface area contributed by atoms with Gasteiger partial charge in [0.15, 0.2) is 0 Å². The minimum Gasteiger partial charge on any atom is -0.375 e. The summed E-state index contributed by atoms with van der Waals surface area (Å²) in [4.78, 5) is 5.33. The van der Waals surface area contributed by atoms with Gasteiger partial charge in [-0.15, -0.1) is 0 Å². The third kappa shape index (κ3) is 2.63. The fourth-order valence-electron chi connectivity index (χ4n) is 4.58. The van der Waals surface area contributed by atoms with Gasteiger partial charge in [-0.1, -0.05) is 19.8 Å². The molecular formula is C16H31N3O. The number of nitrogens with two attached hydrogens (primary N) is 1. The van der Waals surface area contributed by atoms with Crippen LogP contribution in [0.3, 0.4) is 0 Å². The molecule has 2 atom stereocenters. The molecule has 0 spiro atoms. The molecule has 0 aromatic carbocycles. The smallest absolute Gasteiger partial charge is 0.0731 e. The van der Waals surface area contributed by atoms with Crippen molar-refractivity contribution in [2.45, 2.75) is 63.1 Å². The first kappa shape index (κ1) is 14.8. The van der Waals surface area contributed by atoms with Crippen LogP contribution in [0.15, 0.2) is 0 Å². The number of nitrogens with zero attached hydrogens (tertiary/aromatic N) is 2.